The molecule has 3 heterocycles. The lowest BCUT2D eigenvalue weighted by molar-refractivity contribution is -0.111. The zero-order valence-corrected chi connectivity index (χ0v) is 10.9. The van der Waals surface area contributed by atoms with E-state index in [0.29, 0.717) is 17.3 Å². The van der Waals surface area contributed by atoms with E-state index in [9.17, 15) is 4.79 Å². The Balaban J connectivity index is 1.64. The maximum Gasteiger partial charge on any atom is 0.249 e. The highest BCUT2D eigenvalue weighted by atomic mass is 16.5. The van der Waals surface area contributed by atoms with E-state index < -0.39 is 0 Å². The van der Waals surface area contributed by atoms with Crippen molar-refractivity contribution in [1.82, 2.24) is 10.1 Å². The van der Waals surface area contributed by atoms with Crippen LogP contribution >= 0.6 is 0 Å². The average molecular weight is 281 g/mol. The number of carbonyl (C=O) groups is 1. The van der Waals surface area contributed by atoms with Crippen LogP contribution in [0.5, 0.6) is 0 Å². The summed E-state index contributed by atoms with van der Waals surface area (Å²) in [7, 11) is 0. The van der Waals surface area contributed by atoms with E-state index in [-0.39, 0.29) is 5.91 Å². The summed E-state index contributed by atoms with van der Waals surface area (Å²) < 4.78 is 10.3. The van der Waals surface area contributed by atoms with Crippen molar-refractivity contribution in [3.63, 3.8) is 0 Å². The zero-order valence-electron chi connectivity index (χ0n) is 10.9. The second-order valence-corrected chi connectivity index (χ2v) is 4.16. The van der Waals surface area contributed by atoms with Gasteiger partial charge in [-0.2, -0.15) is 0 Å². The monoisotopic (exact) mass is 281 g/mol. The molecule has 6 heteroatoms. The summed E-state index contributed by atoms with van der Waals surface area (Å²) in [6, 6.07) is 8.72. The molecule has 0 saturated carbocycles. The van der Waals surface area contributed by atoms with E-state index in [1.165, 1.54) is 12.3 Å². The smallest absolute Gasteiger partial charge is 0.249 e. The molecule has 104 valence electrons. The fourth-order valence-electron chi connectivity index (χ4n) is 1.68. The molecule has 0 spiro atoms. The summed E-state index contributed by atoms with van der Waals surface area (Å²) >= 11 is 0. The van der Waals surface area contributed by atoms with Gasteiger partial charge in [0.05, 0.1) is 6.26 Å². The highest BCUT2D eigenvalue weighted by molar-refractivity contribution is 6.01. The lowest BCUT2D eigenvalue weighted by Crippen LogP contribution is -2.07. The minimum atomic E-state index is -0.307. The zero-order chi connectivity index (χ0) is 14.5. The Morgan fingerprint density at radius 1 is 1.24 bits per heavy atom. The van der Waals surface area contributed by atoms with E-state index >= 15 is 0 Å². The number of aromatic nitrogens is 2. The molecule has 0 atom stereocenters. The standard InChI is InChI=1S/C15H11N3O3/c19-15(6-5-11-3-1-7-16-10-11)17-14-9-13(21-18-14)12-4-2-8-20-12/h1-10H,(H,17,18,19)/b6-5+. The van der Waals surface area contributed by atoms with Gasteiger partial charge in [-0.3, -0.25) is 9.78 Å². The van der Waals surface area contributed by atoms with E-state index in [0.717, 1.165) is 5.56 Å². The lowest BCUT2D eigenvalue weighted by atomic mass is 10.2. The minimum Gasteiger partial charge on any atom is -0.461 e. The Hall–Kier alpha value is -3.15. The Labute approximate surface area is 120 Å². The largest absolute Gasteiger partial charge is 0.461 e. The molecule has 0 fully saturated rings. The molecule has 3 aromatic rings. The molecule has 1 N–H and O–H groups in total. The number of carbonyl (C=O) groups excluding carboxylic acids is 1. The van der Waals surface area contributed by atoms with Crippen molar-refractivity contribution in [3.05, 3.63) is 60.6 Å². The van der Waals surface area contributed by atoms with Crippen LogP contribution in [0.4, 0.5) is 5.82 Å². The number of hydrogen-bond donors (Lipinski definition) is 1. The van der Waals surface area contributed by atoms with Crippen LogP contribution in [0.3, 0.4) is 0 Å². The number of rotatable bonds is 4. The summed E-state index contributed by atoms with van der Waals surface area (Å²) in [5, 5.41) is 6.36. The first kappa shape index (κ1) is 12.9. The first-order chi connectivity index (χ1) is 10.3. The quantitative estimate of drug-likeness (QED) is 0.743. The van der Waals surface area contributed by atoms with E-state index in [4.69, 9.17) is 8.94 Å². The van der Waals surface area contributed by atoms with Crippen molar-refractivity contribution in [2.24, 2.45) is 0 Å². The van der Waals surface area contributed by atoms with Crippen LogP contribution in [0.25, 0.3) is 17.6 Å². The van der Waals surface area contributed by atoms with Crippen LogP contribution in [-0.2, 0) is 4.79 Å². The topological polar surface area (TPSA) is 81.2 Å². The first-order valence-corrected chi connectivity index (χ1v) is 6.21. The summed E-state index contributed by atoms with van der Waals surface area (Å²) in [5.74, 6) is 1.01. The van der Waals surface area contributed by atoms with Crippen LogP contribution in [0.15, 0.2) is 64.0 Å². The van der Waals surface area contributed by atoms with Gasteiger partial charge in [0.1, 0.15) is 0 Å². The van der Waals surface area contributed by atoms with Crippen molar-refractivity contribution in [3.8, 4) is 11.5 Å². The van der Waals surface area contributed by atoms with E-state index in [2.05, 4.69) is 15.5 Å². The minimum absolute atomic E-state index is 0.307. The Bertz CT molecular complexity index is 746. The molecule has 21 heavy (non-hydrogen) atoms. The van der Waals surface area contributed by atoms with Crippen molar-refractivity contribution >= 4 is 17.8 Å². The molecule has 1 amide bonds. The van der Waals surface area contributed by atoms with Gasteiger partial charge in [0.15, 0.2) is 11.6 Å². The number of nitrogens with zero attached hydrogens (tertiary/aromatic N) is 2. The second-order valence-electron chi connectivity index (χ2n) is 4.16. The Kier molecular flexibility index (Phi) is 3.60. The molecule has 3 rings (SSSR count). The second kappa shape index (κ2) is 5.87. The van der Waals surface area contributed by atoms with Crippen LogP contribution in [0.2, 0.25) is 0 Å². The SMILES string of the molecule is O=C(/C=C/c1cccnc1)Nc1cc(-c2ccco2)on1. The summed E-state index contributed by atoms with van der Waals surface area (Å²) in [5.41, 5.74) is 0.837. The fraction of sp³-hybridized carbons (Fsp3) is 0. The van der Waals surface area contributed by atoms with Gasteiger partial charge in [0, 0.05) is 24.5 Å². The molecule has 0 aliphatic heterocycles. The molecule has 0 unspecified atom stereocenters. The number of hydrogen-bond acceptors (Lipinski definition) is 5. The molecule has 0 aromatic carbocycles. The van der Waals surface area contributed by atoms with Gasteiger partial charge in [0.25, 0.3) is 0 Å². The number of pyridine rings is 1. The highest BCUT2D eigenvalue weighted by Crippen LogP contribution is 2.22. The van der Waals surface area contributed by atoms with E-state index in [1.807, 2.05) is 6.07 Å². The molecule has 0 radical (unpaired) electrons. The fourth-order valence-corrected chi connectivity index (χ4v) is 1.68. The Morgan fingerprint density at radius 3 is 2.95 bits per heavy atom. The van der Waals surface area contributed by atoms with Gasteiger partial charge in [0.2, 0.25) is 11.7 Å². The summed E-state index contributed by atoms with van der Waals surface area (Å²) in [6.45, 7) is 0. The predicted molar refractivity (Wildman–Crippen MR) is 76.1 cm³/mol. The lowest BCUT2D eigenvalue weighted by Gasteiger charge is -1.94. The molecule has 0 saturated heterocycles. The van der Waals surface area contributed by atoms with Gasteiger partial charge in [-0.15, -0.1) is 0 Å². The molecule has 0 aliphatic carbocycles. The predicted octanol–water partition coefficient (Wildman–Crippen LogP) is 2.98. The number of anilines is 1. The molecule has 3 aromatic heterocycles. The number of nitrogens with one attached hydrogen (secondary N) is 1. The average Bonchev–Trinajstić information content (AvgIpc) is 3.17. The van der Waals surface area contributed by atoms with Crippen molar-refractivity contribution < 1.29 is 13.7 Å². The van der Waals surface area contributed by atoms with Crippen LogP contribution in [0.1, 0.15) is 5.56 Å². The highest BCUT2D eigenvalue weighted by Gasteiger charge is 2.09. The van der Waals surface area contributed by atoms with Crippen LogP contribution in [-0.4, -0.2) is 16.0 Å². The third-order valence-corrected chi connectivity index (χ3v) is 2.64. The number of furan rings is 1. The van der Waals surface area contributed by atoms with Crippen LogP contribution < -0.4 is 5.32 Å². The van der Waals surface area contributed by atoms with E-state index in [1.54, 1.807) is 42.7 Å². The van der Waals surface area contributed by atoms with Gasteiger partial charge >= 0.3 is 0 Å². The summed E-state index contributed by atoms with van der Waals surface area (Å²) in [4.78, 5) is 15.7. The molecular formula is C15H11N3O3. The van der Waals surface area contributed by atoms with Crippen molar-refractivity contribution in [2.75, 3.05) is 5.32 Å². The third-order valence-electron chi connectivity index (χ3n) is 2.64. The van der Waals surface area contributed by atoms with Crippen molar-refractivity contribution in [2.45, 2.75) is 0 Å². The normalized spacial score (nSPS) is 10.9. The van der Waals surface area contributed by atoms with Crippen LogP contribution in [0, 0.1) is 0 Å². The molecule has 0 aliphatic rings. The molecular weight excluding hydrogens is 270 g/mol. The van der Waals surface area contributed by atoms with Crippen molar-refractivity contribution in [1.29, 1.82) is 0 Å². The van der Waals surface area contributed by atoms with Gasteiger partial charge in [-0.1, -0.05) is 11.2 Å². The van der Waals surface area contributed by atoms with Gasteiger partial charge < -0.3 is 14.3 Å². The summed E-state index contributed by atoms with van der Waals surface area (Å²) in [6.07, 6.45) is 7.93. The number of amides is 1. The first-order valence-electron chi connectivity index (χ1n) is 6.21. The molecule has 0 bridgehead atoms. The maximum absolute atomic E-state index is 11.8. The maximum atomic E-state index is 11.8. The third kappa shape index (κ3) is 3.24. The van der Waals surface area contributed by atoms with Gasteiger partial charge in [-0.25, -0.2) is 0 Å². The Morgan fingerprint density at radius 2 is 2.19 bits per heavy atom. The molecule has 6 nitrogen and oxygen atoms in total. The van der Waals surface area contributed by atoms with Gasteiger partial charge in [-0.05, 0) is 29.8 Å².